The van der Waals surface area contributed by atoms with Crippen molar-refractivity contribution in [2.75, 3.05) is 20.2 Å². The summed E-state index contributed by atoms with van der Waals surface area (Å²) in [5.74, 6) is 0.847. The molecule has 2 unspecified atom stereocenters. The van der Waals surface area contributed by atoms with Crippen LogP contribution in [0.3, 0.4) is 0 Å². The molecule has 1 aromatic rings. The molecule has 1 aromatic carbocycles. The summed E-state index contributed by atoms with van der Waals surface area (Å²) in [6, 6.07) is 7.12. The number of hydrogen-bond donors (Lipinski definition) is 2. The van der Waals surface area contributed by atoms with E-state index in [2.05, 4.69) is 19.2 Å². The van der Waals surface area contributed by atoms with Gasteiger partial charge in [-0.25, -0.2) is 0 Å². The van der Waals surface area contributed by atoms with E-state index in [1.54, 1.807) is 11.9 Å². The number of carbonyl (C=O) groups is 2. The second-order valence-electron chi connectivity index (χ2n) is 6.94. The van der Waals surface area contributed by atoms with E-state index in [9.17, 15) is 9.59 Å². The number of nitrogens with two attached hydrogens (primary N) is 1. The molecule has 0 bridgehead atoms. The molecule has 2 atom stereocenters. The number of para-hydroxylation sites is 1. The van der Waals surface area contributed by atoms with Gasteiger partial charge in [0.1, 0.15) is 5.75 Å². The molecule has 0 aliphatic carbocycles. The van der Waals surface area contributed by atoms with Crippen molar-refractivity contribution < 1.29 is 14.3 Å². The molecule has 0 aliphatic rings. The third-order valence-corrected chi connectivity index (χ3v) is 4.43. The van der Waals surface area contributed by atoms with Crippen LogP contribution in [-0.4, -0.2) is 43.0 Å². The number of hydrogen-bond acceptors (Lipinski definition) is 4. The lowest BCUT2D eigenvalue weighted by molar-refractivity contribution is -0.130. The molecule has 0 heterocycles. The van der Waals surface area contributed by atoms with E-state index < -0.39 is 6.04 Å². The Balaban J connectivity index is 2.84. The van der Waals surface area contributed by atoms with Crippen LogP contribution in [0.2, 0.25) is 0 Å². The molecule has 0 saturated carbocycles. The zero-order chi connectivity index (χ0) is 19.7. The van der Waals surface area contributed by atoms with Crippen molar-refractivity contribution in [1.29, 1.82) is 0 Å². The van der Waals surface area contributed by atoms with Crippen molar-refractivity contribution in [3.8, 4) is 5.75 Å². The smallest absolute Gasteiger partial charge is 0.224 e. The summed E-state index contributed by atoms with van der Waals surface area (Å²) >= 11 is 0. The Labute approximate surface area is 157 Å². The third kappa shape index (κ3) is 7.04. The van der Waals surface area contributed by atoms with Crippen LogP contribution in [0.15, 0.2) is 24.3 Å². The van der Waals surface area contributed by atoms with Gasteiger partial charge in [0.05, 0.1) is 19.1 Å². The van der Waals surface area contributed by atoms with E-state index in [1.165, 1.54) is 6.92 Å². The number of benzene rings is 1. The molecule has 0 spiro atoms. The molecule has 2 amide bonds. The molecule has 6 nitrogen and oxygen atoms in total. The van der Waals surface area contributed by atoms with Crippen molar-refractivity contribution >= 4 is 11.8 Å². The molecule has 3 N–H and O–H groups in total. The fourth-order valence-electron chi connectivity index (χ4n) is 2.67. The highest BCUT2D eigenvalue weighted by molar-refractivity contribution is 5.79. The summed E-state index contributed by atoms with van der Waals surface area (Å²) in [5.41, 5.74) is 6.88. The maximum absolute atomic E-state index is 12.7. The lowest BCUT2D eigenvalue weighted by Crippen LogP contribution is -2.37. The van der Waals surface area contributed by atoms with Crippen LogP contribution in [0.25, 0.3) is 0 Å². The number of ether oxygens (including phenoxy) is 1. The predicted octanol–water partition coefficient (Wildman–Crippen LogP) is 2.48. The van der Waals surface area contributed by atoms with Gasteiger partial charge in [-0.1, -0.05) is 32.0 Å². The van der Waals surface area contributed by atoms with Gasteiger partial charge >= 0.3 is 0 Å². The van der Waals surface area contributed by atoms with Crippen LogP contribution in [0, 0.1) is 5.92 Å². The minimum Gasteiger partial charge on any atom is -0.494 e. The molecular weight excluding hydrogens is 330 g/mol. The number of nitrogens with one attached hydrogen (secondary N) is 1. The van der Waals surface area contributed by atoms with Gasteiger partial charge in [-0.05, 0) is 25.3 Å². The van der Waals surface area contributed by atoms with Crippen molar-refractivity contribution in [1.82, 2.24) is 10.2 Å². The maximum Gasteiger partial charge on any atom is 0.224 e. The fourth-order valence-corrected chi connectivity index (χ4v) is 2.67. The Morgan fingerprint density at radius 1 is 1.27 bits per heavy atom. The van der Waals surface area contributed by atoms with Crippen LogP contribution in [0.1, 0.15) is 52.1 Å². The summed E-state index contributed by atoms with van der Waals surface area (Å²) in [6.07, 6.45) is 0.928. The van der Waals surface area contributed by atoms with Gasteiger partial charge in [0.15, 0.2) is 0 Å². The van der Waals surface area contributed by atoms with E-state index >= 15 is 0 Å². The quantitative estimate of drug-likeness (QED) is 0.669. The molecule has 26 heavy (non-hydrogen) atoms. The molecule has 146 valence electrons. The summed E-state index contributed by atoms with van der Waals surface area (Å²) in [5, 5.41) is 2.87. The predicted molar refractivity (Wildman–Crippen MR) is 104 cm³/mol. The largest absolute Gasteiger partial charge is 0.494 e. The monoisotopic (exact) mass is 363 g/mol. The molecule has 0 radical (unpaired) electrons. The number of carbonyl (C=O) groups excluding carboxylic acids is 2. The van der Waals surface area contributed by atoms with E-state index in [0.717, 1.165) is 12.0 Å². The topological polar surface area (TPSA) is 84.7 Å². The summed E-state index contributed by atoms with van der Waals surface area (Å²) in [7, 11) is 1.77. The van der Waals surface area contributed by atoms with Crippen LogP contribution in [0.5, 0.6) is 5.75 Å². The average molecular weight is 364 g/mol. The third-order valence-electron chi connectivity index (χ3n) is 4.43. The van der Waals surface area contributed by atoms with Gasteiger partial charge in [-0.2, -0.15) is 0 Å². The summed E-state index contributed by atoms with van der Waals surface area (Å²) in [4.78, 5) is 26.0. The second-order valence-corrected chi connectivity index (χ2v) is 6.94. The Hall–Kier alpha value is -2.08. The lowest BCUT2D eigenvalue weighted by atomic mass is 10.0. The average Bonchev–Trinajstić information content (AvgIpc) is 2.58. The lowest BCUT2D eigenvalue weighted by Gasteiger charge is -2.25. The van der Waals surface area contributed by atoms with Crippen molar-refractivity contribution in [3.05, 3.63) is 29.8 Å². The van der Waals surface area contributed by atoms with Crippen LogP contribution in [-0.2, 0) is 9.59 Å². The molecule has 0 fully saturated rings. The molecule has 6 heteroatoms. The zero-order valence-corrected chi connectivity index (χ0v) is 16.6. The molecule has 0 saturated heterocycles. The zero-order valence-electron chi connectivity index (χ0n) is 16.6. The SMILES string of the molecule is CCOc1ccccc1C(CC(=O)N(C)CCC(N)C(C)C)NC(C)=O. The first kappa shape index (κ1) is 22.0. The number of nitrogens with zero attached hydrogens (tertiary/aromatic N) is 1. The minimum absolute atomic E-state index is 0.0361. The van der Waals surface area contributed by atoms with Crippen LogP contribution in [0.4, 0.5) is 0 Å². The van der Waals surface area contributed by atoms with Gasteiger partial charge in [-0.15, -0.1) is 0 Å². The van der Waals surface area contributed by atoms with E-state index in [-0.39, 0.29) is 24.3 Å². The molecule has 0 aliphatic heterocycles. The fraction of sp³-hybridized carbons (Fsp3) is 0.600. The van der Waals surface area contributed by atoms with Gasteiger partial charge in [0.25, 0.3) is 0 Å². The Kier molecular flexibility index (Phi) is 9.13. The van der Waals surface area contributed by atoms with Crippen LogP contribution < -0.4 is 15.8 Å². The first-order valence-electron chi connectivity index (χ1n) is 9.24. The van der Waals surface area contributed by atoms with Crippen molar-refractivity contribution in [3.63, 3.8) is 0 Å². The van der Waals surface area contributed by atoms with Crippen LogP contribution >= 0.6 is 0 Å². The molecule has 1 rings (SSSR count). The van der Waals surface area contributed by atoms with Gasteiger partial charge < -0.3 is 20.7 Å². The Bertz CT molecular complexity index is 589. The molecule has 0 aromatic heterocycles. The Morgan fingerprint density at radius 2 is 1.92 bits per heavy atom. The number of amides is 2. The maximum atomic E-state index is 12.7. The van der Waals surface area contributed by atoms with Gasteiger partial charge in [0, 0.05) is 32.1 Å². The molecular formula is C20H33N3O3. The second kappa shape index (κ2) is 10.8. The highest BCUT2D eigenvalue weighted by Gasteiger charge is 2.22. The van der Waals surface area contributed by atoms with E-state index in [0.29, 0.717) is 24.8 Å². The number of rotatable bonds is 10. The van der Waals surface area contributed by atoms with Crippen molar-refractivity contribution in [2.24, 2.45) is 11.7 Å². The highest BCUT2D eigenvalue weighted by Crippen LogP contribution is 2.28. The highest BCUT2D eigenvalue weighted by atomic mass is 16.5. The van der Waals surface area contributed by atoms with E-state index in [1.807, 2.05) is 31.2 Å². The minimum atomic E-state index is -0.427. The first-order chi connectivity index (χ1) is 12.3. The summed E-state index contributed by atoms with van der Waals surface area (Å²) < 4.78 is 5.65. The van der Waals surface area contributed by atoms with Gasteiger partial charge in [-0.3, -0.25) is 9.59 Å². The van der Waals surface area contributed by atoms with Gasteiger partial charge in [0.2, 0.25) is 11.8 Å². The normalized spacial score (nSPS) is 13.2. The van der Waals surface area contributed by atoms with Crippen molar-refractivity contribution in [2.45, 2.75) is 52.6 Å². The first-order valence-corrected chi connectivity index (χ1v) is 9.24. The standard InChI is InChI=1S/C20H33N3O3/c1-6-26-19-10-8-7-9-16(19)18(22-15(4)24)13-20(25)23(5)12-11-17(21)14(2)3/h7-10,14,17-18H,6,11-13,21H2,1-5H3,(H,22,24). The van der Waals surface area contributed by atoms with E-state index in [4.69, 9.17) is 10.5 Å². The summed E-state index contributed by atoms with van der Waals surface area (Å²) in [6.45, 7) is 8.62. The Morgan fingerprint density at radius 3 is 2.50 bits per heavy atom.